The van der Waals surface area contributed by atoms with E-state index >= 15 is 0 Å². The first-order valence-electron chi connectivity index (χ1n) is 5.17. The van der Waals surface area contributed by atoms with Crippen LogP contribution in [0, 0.1) is 0 Å². The standard InChI is InChI=1S/C11H15NO2S/c13-15(14)9-10-3-5-11(6-4-10)12-7-1-2-8-12/h3-6H,1-2,7-9H2,(H,13,14). The predicted molar refractivity (Wildman–Crippen MR) is 62.4 cm³/mol. The molecular formula is C11H15NO2S. The maximum absolute atomic E-state index is 10.6. The van der Waals surface area contributed by atoms with Crippen LogP contribution in [0.4, 0.5) is 5.69 Å². The minimum absolute atomic E-state index is 0.222. The number of hydrogen-bond donors (Lipinski definition) is 1. The molecule has 2 rings (SSSR count). The molecule has 1 heterocycles. The summed E-state index contributed by atoms with van der Waals surface area (Å²) in [5.74, 6) is 0.222. The van der Waals surface area contributed by atoms with Gasteiger partial charge in [0.05, 0.1) is 5.75 Å². The molecule has 15 heavy (non-hydrogen) atoms. The molecule has 1 aromatic rings. The minimum Gasteiger partial charge on any atom is -0.372 e. The van der Waals surface area contributed by atoms with Crippen molar-refractivity contribution in [2.45, 2.75) is 18.6 Å². The van der Waals surface area contributed by atoms with Crippen LogP contribution in [-0.4, -0.2) is 21.9 Å². The maximum atomic E-state index is 10.6. The first-order chi connectivity index (χ1) is 7.25. The highest BCUT2D eigenvalue weighted by atomic mass is 32.2. The topological polar surface area (TPSA) is 40.5 Å². The Kier molecular flexibility index (Phi) is 3.38. The van der Waals surface area contributed by atoms with Gasteiger partial charge in [-0.1, -0.05) is 12.1 Å². The minimum atomic E-state index is -1.74. The van der Waals surface area contributed by atoms with Crippen molar-refractivity contribution in [1.82, 2.24) is 0 Å². The molecule has 3 nitrogen and oxygen atoms in total. The van der Waals surface area contributed by atoms with E-state index in [2.05, 4.69) is 4.90 Å². The van der Waals surface area contributed by atoms with Gasteiger partial charge < -0.3 is 9.45 Å². The van der Waals surface area contributed by atoms with Gasteiger partial charge in [0, 0.05) is 18.8 Å². The molecule has 0 bridgehead atoms. The fourth-order valence-electron chi connectivity index (χ4n) is 1.92. The van der Waals surface area contributed by atoms with E-state index in [1.807, 2.05) is 24.3 Å². The van der Waals surface area contributed by atoms with Crippen LogP contribution in [0.25, 0.3) is 0 Å². The van der Waals surface area contributed by atoms with Gasteiger partial charge in [-0.2, -0.15) is 0 Å². The number of hydrogen-bond acceptors (Lipinski definition) is 2. The van der Waals surface area contributed by atoms with E-state index in [-0.39, 0.29) is 5.75 Å². The number of benzene rings is 1. The zero-order valence-electron chi connectivity index (χ0n) is 8.56. The SMILES string of the molecule is O=S(O)Cc1ccc(N2CCCC2)cc1. The first-order valence-corrected chi connectivity index (χ1v) is 6.44. The molecule has 1 aromatic carbocycles. The van der Waals surface area contributed by atoms with Crippen LogP contribution in [0.3, 0.4) is 0 Å². The number of nitrogens with zero attached hydrogens (tertiary/aromatic N) is 1. The third kappa shape index (κ3) is 2.79. The Labute approximate surface area is 92.4 Å². The van der Waals surface area contributed by atoms with Crippen LogP contribution < -0.4 is 4.90 Å². The van der Waals surface area contributed by atoms with Crippen LogP contribution in [0.5, 0.6) is 0 Å². The normalized spacial score (nSPS) is 18.1. The summed E-state index contributed by atoms with van der Waals surface area (Å²) < 4.78 is 19.4. The van der Waals surface area contributed by atoms with E-state index in [0.717, 1.165) is 18.7 Å². The Hall–Kier alpha value is -0.870. The molecule has 0 aliphatic carbocycles. The maximum Gasteiger partial charge on any atom is 0.157 e. The van der Waals surface area contributed by atoms with E-state index in [0.29, 0.717) is 0 Å². The van der Waals surface area contributed by atoms with Gasteiger partial charge in [-0.05, 0) is 30.5 Å². The quantitative estimate of drug-likeness (QED) is 0.800. The van der Waals surface area contributed by atoms with E-state index in [4.69, 9.17) is 4.55 Å². The highest BCUT2D eigenvalue weighted by Crippen LogP contribution is 2.20. The fourth-order valence-corrected chi connectivity index (χ4v) is 2.40. The van der Waals surface area contributed by atoms with E-state index in [9.17, 15) is 4.21 Å². The van der Waals surface area contributed by atoms with Crippen molar-refractivity contribution in [3.63, 3.8) is 0 Å². The molecule has 0 saturated carbocycles. The second-order valence-electron chi connectivity index (χ2n) is 3.83. The van der Waals surface area contributed by atoms with Crippen molar-refractivity contribution in [1.29, 1.82) is 0 Å². The van der Waals surface area contributed by atoms with Crippen molar-refractivity contribution < 1.29 is 8.76 Å². The van der Waals surface area contributed by atoms with Crippen molar-refractivity contribution >= 4 is 16.8 Å². The summed E-state index contributed by atoms with van der Waals surface area (Å²) in [5, 5.41) is 0. The molecule has 1 saturated heterocycles. The summed E-state index contributed by atoms with van der Waals surface area (Å²) in [6.07, 6.45) is 2.53. The molecule has 1 atom stereocenters. The van der Waals surface area contributed by atoms with Crippen LogP contribution in [0.2, 0.25) is 0 Å². The van der Waals surface area contributed by atoms with Crippen molar-refractivity contribution in [3.05, 3.63) is 29.8 Å². The summed E-state index contributed by atoms with van der Waals surface area (Å²) >= 11 is -1.74. The van der Waals surface area contributed by atoms with Crippen molar-refractivity contribution in [3.8, 4) is 0 Å². The van der Waals surface area contributed by atoms with E-state index in [1.165, 1.54) is 18.5 Å². The summed E-state index contributed by atoms with van der Waals surface area (Å²) in [6.45, 7) is 2.26. The Morgan fingerprint density at radius 2 is 1.80 bits per heavy atom. The molecular weight excluding hydrogens is 210 g/mol. The van der Waals surface area contributed by atoms with Gasteiger partial charge in [0.1, 0.15) is 0 Å². The highest BCUT2D eigenvalue weighted by Gasteiger charge is 2.11. The smallest absolute Gasteiger partial charge is 0.157 e. The lowest BCUT2D eigenvalue weighted by Crippen LogP contribution is -2.17. The first kappa shape index (κ1) is 10.6. The Morgan fingerprint density at radius 1 is 1.20 bits per heavy atom. The number of anilines is 1. The summed E-state index contributed by atoms with van der Waals surface area (Å²) in [4.78, 5) is 2.35. The third-order valence-electron chi connectivity index (χ3n) is 2.70. The fraction of sp³-hybridized carbons (Fsp3) is 0.455. The Balaban J connectivity index is 2.06. The van der Waals surface area contributed by atoms with Gasteiger partial charge in [0.2, 0.25) is 0 Å². The van der Waals surface area contributed by atoms with Gasteiger partial charge >= 0.3 is 0 Å². The largest absolute Gasteiger partial charge is 0.372 e. The second kappa shape index (κ2) is 4.77. The lowest BCUT2D eigenvalue weighted by atomic mass is 10.2. The molecule has 1 fully saturated rings. The van der Waals surface area contributed by atoms with Gasteiger partial charge in [-0.15, -0.1) is 0 Å². The van der Waals surface area contributed by atoms with Gasteiger partial charge in [0.15, 0.2) is 11.1 Å². The molecule has 1 aliphatic heterocycles. The van der Waals surface area contributed by atoms with E-state index in [1.54, 1.807) is 0 Å². The molecule has 1 N–H and O–H groups in total. The average Bonchev–Trinajstić information content (AvgIpc) is 2.71. The second-order valence-corrected chi connectivity index (χ2v) is 4.76. The van der Waals surface area contributed by atoms with Gasteiger partial charge in [-0.3, -0.25) is 0 Å². The summed E-state index contributed by atoms with van der Waals surface area (Å²) in [7, 11) is 0. The average molecular weight is 225 g/mol. The third-order valence-corrected chi connectivity index (χ3v) is 3.28. The van der Waals surface area contributed by atoms with Crippen LogP contribution in [0.1, 0.15) is 18.4 Å². The Bertz CT molecular complexity index is 344. The molecule has 0 radical (unpaired) electrons. The lowest BCUT2D eigenvalue weighted by molar-refractivity contribution is 0.563. The van der Waals surface area contributed by atoms with Crippen LogP contribution in [-0.2, 0) is 16.8 Å². The zero-order chi connectivity index (χ0) is 10.7. The predicted octanol–water partition coefficient (Wildman–Crippen LogP) is 2.01. The summed E-state index contributed by atoms with van der Waals surface area (Å²) in [5.41, 5.74) is 2.14. The lowest BCUT2D eigenvalue weighted by Gasteiger charge is -2.17. The van der Waals surface area contributed by atoms with Crippen molar-refractivity contribution in [2.24, 2.45) is 0 Å². The molecule has 0 aromatic heterocycles. The molecule has 1 unspecified atom stereocenters. The van der Waals surface area contributed by atoms with Crippen LogP contribution in [0.15, 0.2) is 24.3 Å². The number of rotatable bonds is 3. The molecule has 4 heteroatoms. The van der Waals surface area contributed by atoms with Gasteiger partial charge in [0.25, 0.3) is 0 Å². The highest BCUT2D eigenvalue weighted by molar-refractivity contribution is 7.78. The molecule has 1 aliphatic rings. The van der Waals surface area contributed by atoms with Crippen LogP contribution >= 0.6 is 0 Å². The zero-order valence-corrected chi connectivity index (χ0v) is 9.37. The van der Waals surface area contributed by atoms with Crippen molar-refractivity contribution in [2.75, 3.05) is 18.0 Å². The Morgan fingerprint density at radius 3 is 2.33 bits per heavy atom. The summed E-state index contributed by atoms with van der Waals surface area (Å²) in [6, 6.07) is 7.94. The van der Waals surface area contributed by atoms with E-state index < -0.39 is 11.1 Å². The molecule has 82 valence electrons. The molecule has 0 amide bonds. The van der Waals surface area contributed by atoms with Gasteiger partial charge in [-0.25, -0.2) is 4.21 Å². The molecule has 0 spiro atoms. The monoisotopic (exact) mass is 225 g/mol.